The van der Waals surface area contributed by atoms with Gasteiger partial charge in [0.05, 0.1) is 5.56 Å². The first-order valence-electron chi connectivity index (χ1n) is 6.22. The highest BCUT2D eigenvalue weighted by Gasteiger charge is 2.31. The molecule has 1 aliphatic heterocycles. The van der Waals surface area contributed by atoms with Crippen molar-refractivity contribution >= 4 is 21.6 Å². The van der Waals surface area contributed by atoms with Crippen molar-refractivity contribution in [1.29, 1.82) is 0 Å². The van der Waals surface area contributed by atoms with Crippen molar-refractivity contribution in [3.05, 3.63) is 28.2 Å². The number of anilines is 1. The molecule has 1 heterocycles. The number of nitrogens with zero attached hydrogens (tertiary/aromatic N) is 1. The van der Waals surface area contributed by atoms with E-state index in [1.165, 1.54) is 6.07 Å². The molecule has 0 bridgehead atoms. The molecule has 19 heavy (non-hydrogen) atoms. The standard InChI is InChI=1S/C13H16BrF3N2/c1-9-8-19(4-2-3-18-9)12-6-10(13(15,16)17)5-11(14)7-12/h5-7,9,18H,2-4,8H2,1H3. The molecule has 0 spiro atoms. The van der Waals surface area contributed by atoms with E-state index in [4.69, 9.17) is 0 Å². The quantitative estimate of drug-likeness (QED) is 0.841. The van der Waals surface area contributed by atoms with Gasteiger partial charge in [0.25, 0.3) is 0 Å². The lowest BCUT2D eigenvalue weighted by Gasteiger charge is -2.26. The highest BCUT2D eigenvalue weighted by molar-refractivity contribution is 9.10. The van der Waals surface area contributed by atoms with Gasteiger partial charge in [0, 0.05) is 29.3 Å². The number of rotatable bonds is 1. The molecule has 106 valence electrons. The molecule has 6 heteroatoms. The average molecular weight is 337 g/mol. The SMILES string of the molecule is CC1CN(c2cc(Br)cc(C(F)(F)F)c2)CCCN1. The van der Waals surface area contributed by atoms with Crippen molar-refractivity contribution < 1.29 is 13.2 Å². The fourth-order valence-electron chi connectivity index (χ4n) is 2.26. The Hall–Kier alpha value is -0.750. The minimum atomic E-state index is -4.31. The van der Waals surface area contributed by atoms with Crippen molar-refractivity contribution in [3.8, 4) is 0 Å². The van der Waals surface area contributed by atoms with Crippen molar-refractivity contribution in [2.24, 2.45) is 0 Å². The fourth-order valence-corrected chi connectivity index (χ4v) is 2.74. The second-order valence-corrected chi connectivity index (χ2v) is 5.77. The Labute approximate surface area is 119 Å². The monoisotopic (exact) mass is 336 g/mol. The molecule has 1 aromatic carbocycles. The van der Waals surface area contributed by atoms with Crippen LogP contribution in [0.2, 0.25) is 0 Å². The van der Waals surface area contributed by atoms with Crippen LogP contribution >= 0.6 is 15.9 Å². The van der Waals surface area contributed by atoms with Crippen molar-refractivity contribution in [2.75, 3.05) is 24.5 Å². The van der Waals surface area contributed by atoms with Gasteiger partial charge in [0.15, 0.2) is 0 Å². The molecule has 0 amide bonds. The van der Waals surface area contributed by atoms with Gasteiger partial charge >= 0.3 is 6.18 Å². The summed E-state index contributed by atoms with van der Waals surface area (Å²) in [7, 11) is 0. The summed E-state index contributed by atoms with van der Waals surface area (Å²) >= 11 is 3.16. The maximum Gasteiger partial charge on any atom is 0.416 e. The number of nitrogens with one attached hydrogen (secondary N) is 1. The van der Waals surface area contributed by atoms with E-state index in [-0.39, 0.29) is 6.04 Å². The van der Waals surface area contributed by atoms with Crippen LogP contribution in [0.4, 0.5) is 18.9 Å². The number of hydrogen-bond donors (Lipinski definition) is 1. The Morgan fingerprint density at radius 2 is 2.05 bits per heavy atom. The summed E-state index contributed by atoms with van der Waals surface area (Å²) in [5.74, 6) is 0. The molecule has 1 saturated heterocycles. The molecule has 1 unspecified atom stereocenters. The van der Waals surface area contributed by atoms with Gasteiger partial charge in [-0.05, 0) is 38.1 Å². The Morgan fingerprint density at radius 3 is 2.74 bits per heavy atom. The zero-order chi connectivity index (χ0) is 14.0. The van der Waals surface area contributed by atoms with E-state index in [0.717, 1.165) is 25.6 Å². The van der Waals surface area contributed by atoms with Gasteiger partial charge in [-0.3, -0.25) is 0 Å². The molecule has 0 aromatic heterocycles. The third-order valence-corrected chi connectivity index (χ3v) is 3.62. The molecular formula is C13H16BrF3N2. The van der Waals surface area contributed by atoms with Gasteiger partial charge in [-0.1, -0.05) is 15.9 Å². The smallest absolute Gasteiger partial charge is 0.370 e. The Bertz CT molecular complexity index is 448. The molecule has 1 aliphatic rings. The van der Waals surface area contributed by atoms with Gasteiger partial charge in [0.2, 0.25) is 0 Å². The van der Waals surface area contributed by atoms with E-state index in [9.17, 15) is 13.2 Å². The van der Waals surface area contributed by atoms with Crippen LogP contribution in [0, 0.1) is 0 Å². The summed E-state index contributed by atoms with van der Waals surface area (Å²) in [6.45, 7) is 4.43. The summed E-state index contributed by atoms with van der Waals surface area (Å²) in [5.41, 5.74) is 0.0129. The molecule has 2 nitrogen and oxygen atoms in total. The predicted octanol–water partition coefficient (Wildman–Crippen LogP) is 3.66. The van der Waals surface area contributed by atoms with E-state index in [2.05, 4.69) is 21.2 Å². The molecule has 1 aromatic rings. The summed E-state index contributed by atoms with van der Waals surface area (Å²) in [6, 6.07) is 4.36. The minimum absolute atomic E-state index is 0.274. The Kier molecular flexibility index (Phi) is 4.40. The van der Waals surface area contributed by atoms with Crippen molar-refractivity contribution in [1.82, 2.24) is 5.32 Å². The molecule has 1 N–H and O–H groups in total. The second kappa shape index (κ2) is 5.71. The lowest BCUT2D eigenvalue weighted by atomic mass is 10.1. The molecule has 0 saturated carbocycles. The first-order valence-corrected chi connectivity index (χ1v) is 7.01. The van der Waals surface area contributed by atoms with Gasteiger partial charge in [0.1, 0.15) is 0 Å². The third-order valence-electron chi connectivity index (χ3n) is 3.17. The topological polar surface area (TPSA) is 15.3 Å². The fraction of sp³-hybridized carbons (Fsp3) is 0.538. The van der Waals surface area contributed by atoms with Crippen LogP contribution in [0.5, 0.6) is 0 Å². The van der Waals surface area contributed by atoms with Crippen LogP contribution in [-0.2, 0) is 6.18 Å². The minimum Gasteiger partial charge on any atom is -0.370 e. The van der Waals surface area contributed by atoms with Crippen LogP contribution in [0.15, 0.2) is 22.7 Å². The maximum atomic E-state index is 12.8. The molecule has 0 radical (unpaired) electrons. The van der Waals surface area contributed by atoms with Crippen LogP contribution < -0.4 is 10.2 Å². The average Bonchev–Trinajstić information content (AvgIpc) is 2.52. The van der Waals surface area contributed by atoms with Crippen molar-refractivity contribution in [2.45, 2.75) is 25.6 Å². The lowest BCUT2D eigenvalue weighted by molar-refractivity contribution is -0.137. The summed E-state index contributed by atoms with van der Waals surface area (Å²) in [6.07, 6.45) is -3.38. The number of alkyl halides is 3. The molecule has 1 fully saturated rings. The summed E-state index contributed by atoms with van der Waals surface area (Å²) in [5, 5.41) is 3.33. The van der Waals surface area contributed by atoms with E-state index >= 15 is 0 Å². The predicted molar refractivity (Wildman–Crippen MR) is 73.4 cm³/mol. The molecule has 1 atom stereocenters. The van der Waals surface area contributed by atoms with Gasteiger partial charge < -0.3 is 10.2 Å². The number of benzene rings is 1. The zero-order valence-corrected chi connectivity index (χ0v) is 12.2. The van der Waals surface area contributed by atoms with E-state index < -0.39 is 11.7 Å². The van der Waals surface area contributed by atoms with Gasteiger partial charge in [-0.2, -0.15) is 13.2 Å². The highest BCUT2D eigenvalue weighted by Crippen LogP contribution is 2.34. The zero-order valence-electron chi connectivity index (χ0n) is 10.6. The van der Waals surface area contributed by atoms with Crippen LogP contribution in [-0.4, -0.2) is 25.7 Å². The van der Waals surface area contributed by atoms with E-state index in [1.54, 1.807) is 6.07 Å². The first-order chi connectivity index (χ1) is 8.86. The van der Waals surface area contributed by atoms with Crippen LogP contribution in [0.1, 0.15) is 18.9 Å². The van der Waals surface area contributed by atoms with Gasteiger partial charge in [-0.15, -0.1) is 0 Å². The number of hydrogen-bond acceptors (Lipinski definition) is 2. The Morgan fingerprint density at radius 1 is 1.32 bits per heavy atom. The van der Waals surface area contributed by atoms with Crippen LogP contribution in [0.3, 0.4) is 0 Å². The van der Waals surface area contributed by atoms with Crippen LogP contribution in [0.25, 0.3) is 0 Å². The van der Waals surface area contributed by atoms with Crippen molar-refractivity contribution in [3.63, 3.8) is 0 Å². The maximum absolute atomic E-state index is 12.8. The lowest BCUT2D eigenvalue weighted by Crippen LogP contribution is -2.35. The molecular weight excluding hydrogens is 321 g/mol. The van der Waals surface area contributed by atoms with Gasteiger partial charge in [-0.25, -0.2) is 0 Å². The first kappa shape index (κ1) is 14.7. The Balaban J connectivity index is 2.30. The molecule has 0 aliphatic carbocycles. The normalized spacial score (nSPS) is 21.3. The van der Waals surface area contributed by atoms with E-state index in [0.29, 0.717) is 16.7 Å². The largest absolute Gasteiger partial charge is 0.416 e. The number of halogens is 4. The highest BCUT2D eigenvalue weighted by atomic mass is 79.9. The summed E-state index contributed by atoms with van der Waals surface area (Å²) < 4.78 is 38.9. The second-order valence-electron chi connectivity index (χ2n) is 4.85. The van der Waals surface area contributed by atoms with E-state index in [1.807, 2.05) is 11.8 Å². The summed E-state index contributed by atoms with van der Waals surface area (Å²) in [4.78, 5) is 2.00. The third kappa shape index (κ3) is 3.86. The molecule has 2 rings (SSSR count).